The lowest BCUT2D eigenvalue weighted by Crippen LogP contribution is -2.15. The number of benzene rings is 2. The molecule has 0 saturated carbocycles. The van der Waals surface area contributed by atoms with Crippen LogP contribution in [0.25, 0.3) is 0 Å². The minimum absolute atomic E-state index is 0.0916. The van der Waals surface area contributed by atoms with Gasteiger partial charge in [-0.05, 0) is 55.0 Å². The van der Waals surface area contributed by atoms with E-state index in [0.717, 1.165) is 25.3 Å². The van der Waals surface area contributed by atoms with E-state index >= 15 is 0 Å². The predicted octanol–water partition coefficient (Wildman–Crippen LogP) is 3.02. The Morgan fingerprint density at radius 3 is 2.46 bits per heavy atom. The van der Waals surface area contributed by atoms with E-state index in [1.807, 2.05) is 12.1 Å². The van der Waals surface area contributed by atoms with Crippen molar-refractivity contribution in [3.8, 4) is 11.5 Å². The molecular weight excluding hydrogens is 308 g/mol. The molecule has 0 atom stereocenters. The summed E-state index contributed by atoms with van der Waals surface area (Å²) < 4.78 is 4.98. The van der Waals surface area contributed by atoms with Gasteiger partial charge in [-0.1, -0.05) is 12.1 Å². The summed E-state index contributed by atoms with van der Waals surface area (Å²) in [5.41, 5.74) is 2.91. The van der Waals surface area contributed by atoms with Crippen molar-refractivity contribution in [2.45, 2.75) is 25.7 Å². The molecule has 0 unspecified atom stereocenters. The maximum absolute atomic E-state index is 12.2. The molecule has 124 valence electrons. The number of phenolic OH excluding ortho intramolecular Hbond substituents is 2. The van der Waals surface area contributed by atoms with E-state index in [1.165, 1.54) is 29.7 Å². The van der Waals surface area contributed by atoms with E-state index in [1.54, 1.807) is 6.07 Å². The monoisotopic (exact) mass is 326 g/mol. The quantitative estimate of drug-likeness (QED) is 0.666. The minimum Gasteiger partial charge on any atom is -0.508 e. The molecule has 2 N–H and O–H groups in total. The van der Waals surface area contributed by atoms with Crippen molar-refractivity contribution < 1.29 is 24.5 Å². The summed E-state index contributed by atoms with van der Waals surface area (Å²) in [7, 11) is 0. The van der Waals surface area contributed by atoms with Crippen LogP contribution in [0, 0.1) is 0 Å². The molecule has 0 saturated heterocycles. The highest BCUT2D eigenvalue weighted by molar-refractivity contribution is 6.00. The molecule has 0 bridgehead atoms. The summed E-state index contributed by atoms with van der Waals surface area (Å²) in [6.45, 7) is -0.391. The van der Waals surface area contributed by atoms with Crippen LogP contribution in [0.2, 0.25) is 0 Å². The van der Waals surface area contributed by atoms with Gasteiger partial charge in [0.15, 0.2) is 12.4 Å². The Balaban J connectivity index is 1.66. The number of aromatic hydroxyl groups is 2. The van der Waals surface area contributed by atoms with Crippen molar-refractivity contribution in [3.05, 3.63) is 58.7 Å². The Labute approximate surface area is 139 Å². The third kappa shape index (κ3) is 3.40. The molecule has 0 fully saturated rings. The number of esters is 1. The van der Waals surface area contributed by atoms with E-state index in [-0.39, 0.29) is 22.8 Å². The van der Waals surface area contributed by atoms with Gasteiger partial charge in [-0.3, -0.25) is 4.79 Å². The van der Waals surface area contributed by atoms with Crippen LogP contribution in [-0.2, 0) is 17.6 Å². The normalized spacial score (nSPS) is 13.2. The summed E-state index contributed by atoms with van der Waals surface area (Å²) in [5.74, 6) is -1.63. The van der Waals surface area contributed by atoms with Gasteiger partial charge >= 0.3 is 5.97 Å². The molecule has 0 amide bonds. The molecule has 0 aromatic heterocycles. The maximum atomic E-state index is 12.2. The Morgan fingerprint density at radius 1 is 0.958 bits per heavy atom. The predicted molar refractivity (Wildman–Crippen MR) is 87.5 cm³/mol. The van der Waals surface area contributed by atoms with Crippen LogP contribution in [0.3, 0.4) is 0 Å². The number of ketones is 1. The van der Waals surface area contributed by atoms with Gasteiger partial charge < -0.3 is 14.9 Å². The molecular formula is C19H18O5. The van der Waals surface area contributed by atoms with Gasteiger partial charge in [0.05, 0.1) is 0 Å². The van der Waals surface area contributed by atoms with Gasteiger partial charge in [-0.2, -0.15) is 0 Å². The first-order valence-corrected chi connectivity index (χ1v) is 7.88. The molecule has 5 heteroatoms. The zero-order valence-electron chi connectivity index (χ0n) is 13.1. The molecule has 1 aliphatic rings. The van der Waals surface area contributed by atoms with Gasteiger partial charge in [0.2, 0.25) is 0 Å². The van der Waals surface area contributed by atoms with Crippen LogP contribution < -0.4 is 0 Å². The Morgan fingerprint density at radius 2 is 1.71 bits per heavy atom. The number of hydrogen-bond donors (Lipinski definition) is 2. The number of ether oxygens (including phenoxy) is 1. The highest BCUT2D eigenvalue weighted by Crippen LogP contribution is 2.24. The average Bonchev–Trinajstić information content (AvgIpc) is 2.59. The topological polar surface area (TPSA) is 83.8 Å². The highest BCUT2D eigenvalue weighted by Gasteiger charge is 2.17. The lowest BCUT2D eigenvalue weighted by Gasteiger charge is -2.16. The molecule has 0 radical (unpaired) electrons. The molecule has 0 spiro atoms. The first-order valence-electron chi connectivity index (χ1n) is 7.88. The summed E-state index contributed by atoms with van der Waals surface area (Å²) in [6.07, 6.45) is 4.31. The number of fused-ring (bicyclic) bond motifs is 1. The Bertz CT molecular complexity index is 794. The van der Waals surface area contributed by atoms with Gasteiger partial charge in [0.25, 0.3) is 0 Å². The lowest BCUT2D eigenvalue weighted by molar-refractivity contribution is 0.0471. The van der Waals surface area contributed by atoms with Gasteiger partial charge in [-0.15, -0.1) is 0 Å². The number of Topliss-reactive ketones (excluding diaryl/α,β-unsaturated/α-hetero) is 1. The van der Waals surface area contributed by atoms with E-state index in [9.17, 15) is 19.8 Å². The van der Waals surface area contributed by atoms with Crippen LogP contribution >= 0.6 is 0 Å². The fourth-order valence-corrected chi connectivity index (χ4v) is 2.89. The minimum atomic E-state index is -0.807. The molecule has 3 rings (SSSR count). The van der Waals surface area contributed by atoms with Crippen LogP contribution in [0.5, 0.6) is 11.5 Å². The van der Waals surface area contributed by atoms with E-state index in [0.29, 0.717) is 5.56 Å². The summed E-state index contributed by atoms with van der Waals surface area (Å²) in [6, 6.07) is 9.16. The van der Waals surface area contributed by atoms with Crippen molar-refractivity contribution in [2.75, 3.05) is 6.61 Å². The lowest BCUT2D eigenvalue weighted by atomic mass is 9.90. The fourth-order valence-electron chi connectivity index (χ4n) is 2.89. The number of aryl methyl sites for hydroxylation is 2. The third-order valence-electron chi connectivity index (χ3n) is 4.21. The van der Waals surface area contributed by atoms with Crippen molar-refractivity contribution in [1.29, 1.82) is 0 Å². The zero-order chi connectivity index (χ0) is 17.1. The fraction of sp³-hybridized carbons (Fsp3) is 0.263. The molecule has 1 aliphatic carbocycles. The first kappa shape index (κ1) is 16.1. The summed E-state index contributed by atoms with van der Waals surface area (Å²) in [5, 5.41) is 18.8. The molecule has 2 aromatic carbocycles. The summed E-state index contributed by atoms with van der Waals surface area (Å²) >= 11 is 0. The highest BCUT2D eigenvalue weighted by atomic mass is 16.5. The summed E-state index contributed by atoms with van der Waals surface area (Å²) in [4.78, 5) is 24.2. The Kier molecular flexibility index (Phi) is 4.51. The smallest absolute Gasteiger partial charge is 0.342 e. The third-order valence-corrected chi connectivity index (χ3v) is 4.21. The molecule has 0 aliphatic heterocycles. The average molecular weight is 326 g/mol. The van der Waals surface area contributed by atoms with Gasteiger partial charge in [0, 0.05) is 11.6 Å². The van der Waals surface area contributed by atoms with Crippen LogP contribution in [0.1, 0.15) is 44.7 Å². The maximum Gasteiger partial charge on any atom is 0.342 e. The van der Waals surface area contributed by atoms with E-state index in [4.69, 9.17) is 4.74 Å². The molecule has 2 aromatic rings. The number of carbonyl (C=O) groups excluding carboxylic acids is 2. The number of rotatable bonds is 4. The van der Waals surface area contributed by atoms with E-state index in [2.05, 4.69) is 0 Å². The molecule has 5 nitrogen and oxygen atoms in total. The first-order chi connectivity index (χ1) is 11.5. The second-order valence-electron chi connectivity index (χ2n) is 5.89. The number of carbonyl (C=O) groups is 2. The molecule has 0 heterocycles. The van der Waals surface area contributed by atoms with E-state index < -0.39 is 12.6 Å². The SMILES string of the molecule is O=C(COC(=O)c1ccc(O)cc1O)c1ccc2c(c1)CCCC2. The van der Waals surface area contributed by atoms with Crippen molar-refractivity contribution in [2.24, 2.45) is 0 Å². The van der Waals surface area contributed by atoms with Crippen LogP contribution in [-0.4, -0.2) is 28.6 Å². The second-order valence-corrected chi connectivity index (χ2v) is 5.89. The second kappa shape index (κ2) is 6.74. The zero-order valence-corrected chi connectivity index (χ0v) is 13.1. The van der Waals surface area contributed by atoms with Gasteiger partial charge in [0.1, 0.15) is 17.1 Å². The van der Waals surface area contributed by atoms with Crippen LogP contribution in [0.15, 0.2) is 36.4 Å². The Hall–Kier alpha value is -2.82. The van der Waals surface area contributed by atoms with Crippen molar-refractivity contribution in [3.63, 3.8) is 0 Å². The van der Waals surface area contributed by atoms with Gasteiger partial charge in [-0.25, -0.2) is 4.79 Å². The standard InChI is InChI=1S/C19H18O5/c20-15-7-8-16(17(21)10-15)19(23)24-11-18(22)14-6-5-12-3-1-2-4-13(12)9-14/h5-10,20-21H,1-4,11H2. The largest absolute Gasteiger partial charge is 0.508 e. The van der Waals surface area contributed by atoms with Crippen molar-refractivity contribution >= 4 is 11.8 Å². The number of phenols is 2. The molecule has 24 heavy (non-hydrogen) atoms. The van der Waals surface area contributed by atoms with Crippen LogP contribution in [0.4, 0.5) is 0 Å². The van der Waals surface area contributed by atoms with Crippen molar-refractivity contribution in [1.82, 2.24) is 0 Å². The number of hydrogen-bond acceptors (Lipinski definition) is 5.